The van der Waals surface area contributed by atoms with Crippen LogP contribution in [0.15, 0.2) is 29.3 Å². The Bertz CT molecular complexity index is 318. The Hall–Kier alpha value is -0.560. The molecular formula is C12H15Br. The Labute approximate surface area is 88.8 Å². The summed E-state index contributed by atoms with van der Waals surface area (Å²) in [7, 11) is 0. The Kier molecular flexibility index (Phi) is 2.97. The standard InChI is InChI=1S/C12H15Br/c1-5-9-8-10(12(2,3)4)6-7-11(9)13/h5-8H,1H2,2-4H3. The van der Waals surface area contributed by atoms with E-state index in [1.54, 1.807) is 0 Å². The predicted molar refractivity (Wildman–Crippen MR) is 62.9 cm³/mol. The second-order valence-electron chi connectivity index (χ2n) is 4.19. The fraction of sp³-hybridized carbons (Fsp3) is 0.333. The SMILES string of the molecule is C=Cc1cc(C(C)(C)C)ccc1Br. The van der Waals surface area contributed by atoms with Crippen molar-refractivity contribution < 1.29 is 0 Å². The normalized spacial score (nSPS) is 11.4. The van der Waals surface area contributed by atoms with Crippen molar-refractivity contribution >= 4 is 22.0 Å². The molecule has 0 N–H and O–H groups in total. The van der Waals surface area contributed by atoms with Crippen molar-refractivity contribution in [3.05, 3.63) is 40.4 Å². The van der Waals surface area contributed by atoms with E-state index in [0.717, 1.165) is 10.0 Å². The molecule has 0 aliphatic heterocycles. The maximum Gasteiger partial charge on any atom is 0.0247 e. The Morgan fingerprint density at radius 2 is 1.92 bits per heavy atom. The van der Waals surface area contributed by atoms with Crippen molar-refractivity contribution in [3.8, 4) is 0 Å². The Balaban J connectivity index is 3.21. The van der Waals surface area contributed by atoms with Crippen molar-refractivity contribution in [1.29, 1.82) is 0 Å². The van der Waals surface area contributed by atoms with Crippen LogP contribution < -0.4 is 0 Å². The van der Waals surface area contributed by atoms with Gasteiger partial charge in [0.25, 0.3) is 0 Å². The zero-order valence-corrected chi connectivity index (χ0v) is 9.98. The zero-order valence-electron chi connectivity index (χ0n) is 8.39. The van der Waals surface area contributed by atoms with E-state index in [-0.39, 0.29) is 5.41 Å². The molecule has 0 unspecified atom stereocenters. The van der Waals surface area contributed by atoms with Crippen LogP contribution in [0, 0.1) is 0 Å². The minimum Gasteiger partial charge on any atom is -0.0984 e. The molecule has 0 heterocycles. The summed E-state index contributed by atoms with van der Waals surface area (Å²) >= 11 is 3.49. The highest BCUT2D eigenvalue weighted by Crippen LogP contribution is 2.27. The highest BCUT2D eigenvalue weighted by Gasteiger charge is 2.13. The van der Waals surface area contributed by atoms with Crippen LogP contribution in [-0.4, -0.2) is 0 Å². The molecule has 0 fully saturated rings. The van der Waals surface area contributed by atoms with Crippen LogP contribution in [0.5, 0.6) is 0 Å². The van der Waals surface area contributed by atoms with E-state index in [1.807, 2.05) is 6.08 Å². The van der Waals surface area contributed by atoms with Crippen LogP contribution in [0.1, 0.15) is 31.9 Å². The molecule has 70 valence electrons. The summed E-state index contributed by atoms with van der Waals surface area (Å²) in [5, 5.41) is 0. The summed E-state index contributed by atoms with van der Waals surface area (Å²) in [5.41, 5.74) is 2.70. The number of benzene rings is 1. The van der Waals surface area contributed by atoms with Crippen LogP contribution in [0.4, 0.5) is 0 Å². The molecule has 0 aliphatic rings. The second kappa shape index (κ2) is 3.67. The number of hydrogen-bond acceptors (Lipinski definition) is 0. The van der Waals surface area contributed by atoms with E-state index >= 15 is 0 Å². The monoisotopic (exact) mass is 238 g/mol. The van der Waals surface area contributed by atoms with Gasteiger partial charge in [-0.05, 0) is 22.6 Å². The van der Waals surface area contributed by atoms with E-state index in [1.165, 1.54) is 5.56 Å². The predicted octanol–water partition coefficient (Wildman–Crippen LogP) is 4.39. The molecule has 1 aromatic carbocycles. The van der Waals surface area contributed by atoms with E-state index in [9.17, 15) is 0 Å². The summed E-state index contributed by atoms with van der Waals surface area (Å²) in [6, 6.07) is 6.41. The third kappa shape index (κ3) is 2.44. The molecule has 1 aromatic rings. The maximum absolute atomic E-state index is 3.78. The van der Waals surface area contributed by atoms with Gasteiger partial charge in [0.15, 0.2) is 0 Å². The van der Waals surface area contributed by atoms with Gasteiger partial charge in [-0.15, -0.1) is 0 Å². The van der Waals surface area contributed by atoms with Crippen LogP contribution in [0.25, 0.3) is 6.08 Å². The molecule has 13 heavy (non-hydrogen) atoms. The molecule has 0 radical (unpaired) electrons. The van der Waals surface area contributed by atoms with Gasteiger partial charge in [-0.3, -0.25) is 0 Å². The average molecular weight is 239 g/mol. The first-order valence-electron chi connectivity index (χ1n) is 4.37. The zero-order chi connectivity index (χ0) is 10.1. The number of halogens is 1. The van der Waals surface area contributed by atoms with Crippen molar-refractivity contribution in [2.24, 2.45) is 0 Å². The van der Waals surface area contributed by atoms with E-state index in [2.05, 4.69) is 61.5 Å². The van der Waals surface area contributed by atoms with Crippen LogP contribution in [-0.2, 0) is 5.41 Å². The Morgan fingerprint density at radius 1 is 1.31 bits per heavy atom. The third-order valence-electron chi connectivity index (χ3n) is 2.08. The van der Waals surface area contributed by atoms with Crippen molar-refractivity contribution in [2.45, 2.75) is 26.2 Å². The molecule has 0 aliphatic carbocycles. The van der Waals surface area contributed by atoms with E-state index < -0.39 is 0 Å². The summed E-state index contributed by atoms with van der Waals surface area (Å²) in [5.74, 6) is 0. The molecule has 0 atom stereocenters. The summed E-state index contributed by atoms with van der Waals surface area (Å²) in [4.78, 5) is 0. The molecule has 0 spiro atoms. The van der Waals surface area contributed by atoms with Gasteiger partial charge in [-0.1, -0.05) is 61.5 Å². The molecule has 0 aromatic heterocycles. The number of rotatable bonds is 1. The Morgan fingerprint density at radius 3 is 2.38 bits per heavy atom. The third-order valence-corrected chi connectivity index (χ3v) is 2.80. The highest BCUT2D eigenvalue weighted by molar-refractivity contribution is 9.10. The highest BCUT2D eigenvalue weighted by atomic mass is 79.9. The fourth-order valence-electron chi connectivity index (χ4n) is 1.17. The molecule has 0 amide bonds. The molecule has 0 saturated carbocycles. The van der Waals surface area contributed by atoms with Gasteiger partial charge in [0.1, 0.15) is 0 Å². The first kappa shape index (κ1) is 10.5. The lowest BCUT2D eigenvalue weighted by Gasteiger charge is -2.19. The first-order valence-corrected chi connectivity index (χ1v) is 5.17. The fourth-order valence-corrected chi connectivity index (χ4v) is 1.58. The molecule has 0 bridgehead atoms. The molecular weight excluding hydrogens is 224 g/mol. The lowest BCUT2D eigenvalue weighted by molar-refractivity contribution is 0.590. The lowest BCUT2D eigenvalue weighted by atomic mass is 9.86. The first-order chi connectivity index (χ1) is 5.95. The minimum absolute atomic E-state index is 0.207. The average Bonchev–Trinajstić information content (AvgIpc) is 2.03. The minimum atomic E-state index is 0.207. The maximum atomic E-state index is 3.78. The molecule has 0 saturated heterocycles. The molecule has 1 heteroatoms. The van der Waals surface area contributed by atoms with Gasteiger partial charge >= 0.3 is 0 Å². The summed E-state index contributed by atoms with van der Waals surface area (Å²) < 4.78 is 1.11. The van der Waals surface area contributed by atoms with Crippen molar-refractivity contribution in [2.75, 3.05) is 0 Å². The van der Waals surface area contributed by atoms with Crippen LogP contribution in [0.2, 0.25) is 0 Å². The van der Waals surface area contributed by atoms with Crippen LogP contribution >= 0.6 is 15.9 Å². The van der Waals surface area contributed by atoms with Crippen LogP contribution in [0.3, 0.4) is 0 Å². The largest absolute Gasteiger partial charge is 0.0984 e. The van der Waals surface area contributed by atoms with E-state index in [4.69, 9.17) is 0 Å². The quantitative estimate of drug-likeness (QED) is 0.681. The van der Waals surface area contributed by atoms with Gasteiger partial charge in [0, 0.05) is 4.47 Å². The van der Waals surface area contributed by atoms with Gasteiger partial charge in [0.2, 0.25) is 0 Å². The van der Waals surface area contributed by atoms with Gasteiger partial charge in [-0.25, -0.2) is 0 Å². The second-order valence-corrected chi connectivity index (χ2v) is 5.04. The number of hydrogen-bond donors (Lipinski definition) is 0. The molecule has 0 nitrogen and oxygen atoms in total. The van der Waals surface area contributed by atoms with E-state index in [0.29, 0.717) is 0 Å². The summed E-state index contributed by atoms with van der Waals surface area (Å²) in [6.07, 6.45) is 1.87. The van der Waals surface area contributed by atoms with Crippen molar-refractivity contribution in [1.82, 2.24) is 0 Å². The lowest BCUT2D eigenvalue weighted by Crippen LogP contribution is -2.10. The topological polar surface area (TPSA) is 0 Å². The van der Waals surface area contributed by atoms with Gasteiger partial charge in [-0.2, -0.15) is 0 Å². The van der Waals surface area contributed by atoms with Crippen molar-refractivity contribution in [3.63, 3.8) is 0 Å². The van der Waals surface area contributed by atoms with Gasteiger partial charge in [0.05, 0.1) is 0 Å². The summed E-state index contributed by atoms with van der Waals surface area (Å²) in [6.45, 7) is 10.4. The van der Waals surface area contributed by atoms with Gasteiger partial charge < -0.3 is 0 Å². The molecule has 1 rings (SSSR count). The smallest absolute Gasteiger partial charge is 0.0247 e.